The molecular formula is C8H15NO2. The molecular weight excluding hydrogens is 142 g/mol. The molecule has 0 unspecified atom stereocenters. The van der Waals surface area contributed by atoms with Crippen molar-refractivity contribution in [2.45, 2.75) is 32.7 Å². The molecule has 1 aliphatic carbocycles. The molecule has 1 saturated carbocycles. The Morgan fingerprint density at radius 3 is 2.27 bits per heavy atom. The molecule has 64 valence electrons. The quantitative estimate of drug-likeness (QED) is 0.592. The highest BCUT2D eigenvalue weighted by Gasteiger charge is 2.40. The molecule has 3 heteroatoms. The lowest BCUT2D eigenvalue weighted by Gasteiger charge is -2.15. The summed E-state index contributed by atoms with van der Waals surface area (Å²) < 4.78 is 0. The van der Waals surface area contributed by atoms with Crippen molar-refractivity contribution in [1.29, 1.82) is 0 Å². The summed E-state index contributed by atoms with van der Waals surface area (Å²) in [6.45, 7) is 4.13. The molecule has 2 atom stereocenters. The number of carboxylic acid groups (broad SMARTS) is 1. The number of hydrogen-bond donors (Lipinski definition) is 2. The van der Waals surface area contributed by atoms with Gasteiger partial charge in [0, 0.05) is 6.04 Å². The predicted molar refractivity (Wildman–Crippen MR) is 42.1 cm³/mol. The molecule has 0 amide bonds. The van der Waals surface area contributed by atoms with Crippen molar-refractivity contribution in [3.05, 3.63) is 0 Å². The van der Waals surface area contributed by atoms with Crippen LogP contribution in [0.25, 0.3) is 0 Å². The molecule has 0 aromatic rings. The molecule has 3 N–H and O–H groups in total. The fourth-order valence-electron chi connectivity index (χ4n) is 1.88. The van der Waals surface area contributed by atoms with Gasteiger partial charge in [0.15, 0.2) is 0 Å². The van der Waals surface area contributed by atoms with Crippen LogP contribution < -0.4 is 5.73 Å². The van der Waals surface area contributed by atoms with Crippen LogP contribution in [0.3, 0.4) is 0 Å². The van der Waals surface area contributed by atoms with Crippen LogP contribution in [0.15, 0.2) is 0 Å². The van der Waals surface area contributed by atoms with E-state index in [1.165, 1.54) is 0 Å². The molecule has 1 fully saturated rings. The molecule has 0 bridgehead atoms. The molecule has 0 saturated heterocycles. The first kappa shape index (κ1) is 8.53. The summed E-state index contributed by atoms with van der Waals surface area (Å²) in [5, 5.41) is 8.74. The van der Waals surface area contributed by atoms with Crippen LogP contribution in [-0.2, 0) is 4.79 Å². The van der Waals surface area contributed by atoms with Crippen LogP contribution in [0.5, 0.6) is 0 Å². The van der Waals surface area contributed by atoms with Crippen LogP contribution >= 0.6 is 0 Å². The van der Waals surface area contributed by atoms with E-state index in [9.17, 15) is 4.79 Å². The summed E-state index contributed by atoms with van der Waals surface area (Å²) in [5.74, 6) is -1.08. The SMILES string of the molecule is CC1(C)C[C@@H](N)[C@H](C(=O)O)C1. The van der Waals surface area contributed by atoms with E-state index in [-0.39, 0.29) is 17.4 Å². The standard InChI is InChI=1S/C8H15NO2/c1-8(2)3-5(7(10)11)6(9)4-8/h5-6H,3-4,9H2,1-2H3,(H,10,11)/t5-,6-/m1/s1. The topological polar surface area (TPSA) is 63.3 Å². The molecule has 3 nitrogen and oxygen atoms in total. The van der Waals surface area contributed by atoms with Crippen LogP contribution in [-0.4, -0.2) is 17.1 Å². The van der Waals surface area contributed by atoms with Crippen LogP contribution in [0.1, 0.15) is 26.7 Å². The Kier molecular flexibility index (Phi) is 1.92. The number of carbonyl (C=O) groups is 1. The van der Waals surface area contributed by atoms with E-state index in [0.29, 0.717) is 6.42 Å². The van der Waals surface area contributed by atoms with Crippen molar-refractivity contribution < 1.29 is 9.90 Å². The maximum absolute atomic E-state index is 10.6. The third-order valence-corrected chi connectivity index (χ3v) is 2.39. The Balaban J connectivity index is 2.66. The molecule has 0 aliphatic heterocycles. The summed E-state index contributed by atoms with van der Waals surface area (Å²) in [6.07, 6.45) is 1.54. The molecule has 0 heterocycles. The molecule has 0 radical (unpaired) electrons. The minimum absolute atomic E-state index is 0.114. The molecule has 1 aliphatic rings. The zero-order valence-corrected chi connectivity index (χ0v) is 7.00. The zero-order valence-electron chi connectivity index (χ0n) is 7.00. The van der Waals surface area contributed by atoms with Gasteiger partial charge in [-0.2, -0.15) is 0 Å². The van der Waals surface area contributed by atoms with Gasteiger partial charge in [-0.15, -0.1) is 0 Å². The zero-order chi connectivity index (χ0) is 8.65. The van der Waals surface area contributed by atoms with Crippen molar-refractivity contribution in [2.24, 2.45) is 17.1 Å². The summed E-state index contributed by atoms with van der Waals surface area (Å²) >= 11 is 0. The highest BCUT2D eigenvalue weighted by atomic mass is 16.4. The largest absolute Gasteiger partial charge is 0.481 e. The second kappa shape index (κ2) is 2.48. The first-order valence-corrected chi connectivity index (χ1v) is 3.91. The highest BCUT2D eigenvalue weighted by Crippen LogP contribution is 2.40. The lowest BCUT2D eigenvalue weighted by Crippen LogP contribution is -2.30. The lowest BCUT2D eigenvalue weighted by molar-refractivity contribution is -0.142. The van der Waals surface area contributed by atoms with E-state index in [1.807, 2.05) is 0 Å². The van der Waals surface area contributed by atoms with E-state index in [2.05, 4.69) is 13.8 Å². The van der Waals surface area contributed by atoms with Crippen LogP contribution in [0, 0.1) is 11.3 Å². The van der Waals surface area contributed by atoms with Crippen molar-refractivity contribution in [1.82, 2.24) is 0 Å². The van der Waals surface area contributed by atoms with Crippen LogP contribution in [0.4, 0.5) is 0 Å². The highest BCUT2D eigenvalue weighted by molar-refractivity contribution is 5.71. The Labute approximate surface area is 66.6 Å². The Morgan fingerprint density at radius 1 is 1.55 bits per heavy atom. The maximum atomic E-state index is 10.6. The number of hydrogen-bond acceptors (Lipinski definition) is 2. The minimum atomic E-state index is -0.747. The van der Waals surface area contributed by atoms with Crippen LogP contribution in [0.2, 0.25) is 0 Å². The summed E-state index contributed by atoms with van der Waals surface area (Å²) in [7, 11) is 0. The number of carboxylic acids is 1. The number of nitrogens with two attached hydrogens (primary N) is 1. The number of rotatable bonds is 1. The average Bonchev–Trinajstić information content (AvgIpc) is 2.05. The minimum Gasteiger partial charge on any atom is -0.481 e. The maximum Gasteiger partial charge on any atom is 0.308 e. The van der Waals surface area contributed by atoms with Crippen molar-refractivity contribution in [3.63, 3.8) is 0 Å². The third-order valence-electron chi connectivity index (χ3n) is 2.39. The van der Waals surface area contributed by atoms with Gasteiger partial charge in [0.25, 0.3) is 0 Å². The van der Waals surface area contributed by atoms with Crippen molar-refractivity contribution >= 4 is 5.97 Å². The molecule has 0 spiro atoms. The van der Waals surface area contributed by atoms with E-state index < -0.39 is 5.97 Å². The fourth-order valence-corrected chi connectivity index (χ4v) is 1.88. The molecule has 0 aromatic heterocycles. The summed E-state index contributed by atoms with van der Waals surface area (Å²) in [4.78, 5) is 10.6. The predicted octanol–water partition coefficient (Wildman–Crippen LogP) is 0.834. The van der Waals surface area contributed by atoms with E-state index in [0.717, 1.165) is 6.42 Å². The van der Waals surface area contributed by atoms with Gasteiger partial charge in [0.05, 0.1) is 5.92 Å². The Bertz CT molecular complexity index is 177. The fraction of sp³-hybridized carbons (Fsp3) is 0.875. The average molecular weight is 157 g/mol. The van der Waals surface area contributed by atoms with E-state index in [1.54, 1.807) is 0 Å². The Morgan fingerprint density at radius 2 is 2.09 bits per heavy atom. The van der Waals surface area contributed by atoms with Gasteiger partial charge in [-0.1, -0.05) is 13.8 Å². The second-order valence-corrected chi connectivity index (χ2v) is 4.18. The third kappa shape index (κ3) is 1.71. The van der Waals surface area contributed by atoms with Crippen molar-refractivity contribution in [2.75, 3.05) is 0 Å². The van der Waals surface area contributed by atoms with Gasteiger partial charge in [-0.25, -0.2) is 0 Å². The first-order chi connectivity index (χ1) is 4.92. The summed E-state index contributed by atoms with van der Waals surface area (Å²) in [6, 6.07) is -0.150. The van der Waals surface area contributed by atoms with Gasteiger partial charge in [-0.3, -0.25) is 4.79 Å². The number of aliphatic carboxylic acids is 1. The van der Waals surface area contributed by atoms with Gasteiger partial charge in [0.1, 0.15) is 0 Å². The van der Waals surface area contributed by atoms with E-state index in [4.69, 9.17) is 10.8 Å². The summed E-state index contributed by atoms with van der Waals surface area (Å²) in [5.41, 5.74) is 5.79. The van der Waals surface area contributed by atoms with E-state index >= 15 is 0 Å². The van der Waals surface area contributed by atoms with Crippen molar-refractivity contribution in [3.8, 4) is 0 Å². The molecule has 11 heavy (non-hydrogen) atoms. The normalized spacial score (nSPS) is 35.5. The Hall–Kier alpha value is -0.570. The second-order valence-electron chi connectivity index (χ2n) is 4.18. The van der Waals surface area contributed by atoms with Gasteiger partial charge in [-0.05, 0) is 18.3 Å². The smallest absolute Gasteiger partial charge is 0.308 e. The van der Waals surface area contributed by atoms with Gasteiger partial charge in [0.2, 0.25) is 0 Å². The lowest BCUT2D eigenvalue weighted by atomic mass is 9.91. The van der Waals surface area contributed by atoms with Gasteiger partial charge >= 0.3 is 5.97 Å². The monoisotopic (exact) mass is 157 g/mol. The first-order valence-electron chi connectivity index (χ1n) is 3.91. The van der Waals surface area contributed by atoms with Gasteiger partial charge < -0.3 is 10.8 Å². The molecule has 0 aromatic carbocycles. The molecule has 1 rings (SSSR count).